The number of nitrogens with zero attached hydrogens (tertiary/aromatic N) is 1. The van der Waals surface area contributed by atoms with Crippen LogP contribution in [-0.2, 0) is 18.4 Å². The Morgan fingerprint density at radius 3 is 1.24 bits per heavy atom. The standard InChI is InChI=1S/C45H93N2O6P/c1-6-8-10-12-14-16-18-20-22-23-24-25-27-29-31-33-35-37-39-45(49)46-43(42-53-54(50,51)52-41-40-47(3,4)5)44(48)38-36-34-32-30-28-26-21-19-17-15-13-11-9-7-2/h43-44,48H,6-42H2,1-5H3,(H-,46,49,50,51)/p+1. The van der Waals surface area contributed by atoms with E-state index in [0.717, 1.165) is 38.5 Å². The normalized spacial score (nSPS) is 14.3. The number of likely N-dealkylation sites (N-methyl/N-ethyl adjacent to an activating group) is 1. The van der Waals surface area contributed by atoms with Crippen molar-refractivity contribution in [1.82, 2.24) is 5.32 Å². The van der Waals surface area contributed by atoms with E-state index in [4.69, 9.17) is 9.05 Å². The largest absolute Gasteiger partial charge is 0.472 e. The first-order chi connectivity index (χ1) is 26.0. The van der Waals surface area contributed by atoms with Crippen LogP contribution in [-0.4, -0.2) is 73.4 Å². The first kappa shape index (κ1) is 53.5. The summed E-state index contributed by atoms with van der Waals surface area (Å²) in [5.74, 6) is -0.140. The Morgan fingerprint density at radius 2 is 0.889 bits per heavy atom. The fourth-order valence-corrected chi connectivity index (χ4v) is 7.84. The maximum absolute atomic E-state index is 12.9. The number of carbonyl (C=O) groups excluding carboxylic acids is 1. The minimum absolute atomic E-state index is 0.0786. The van der Waals surface area contributed by atoms with Crippen molar-refractivity contribution < 1.29 is 32.9 Å². The summed E-state index contributed by atoms with van der Waals surface area (Å²) in [7, 11) is 1.63. The van der Waals surface area contributed by atoms with E-state index in [2.05, 4.69) is 19.2 Å². The van der Waals surface area contributed by atoms with Gasteiger partial charge in [-0.25, -0.2) is 4.57 Å². The van der Waals surface area contributed by atoms with E-state index in [-0.39, 0.29) is 19.1 Å². The molecule has 0 aliphatic carbocycles. The zero-order chi connectivity index (χ0) is 40.0. The molecule has 0 aromatic heterocycles. The number of phosphoric acid groups is 1. The minimum atomic E-state index is -4.31. The second-order valence-corrected chi connectivity index (χ2v) is 19.0. The van der Waals surface area contributed by atoms with Gasteiger partial charge in [0.05, 0.1) is 39.9 Å². The van der Waals surface area contributed by atoms with Crippen LogP contribution in [0.4, 0.5) is 0 Å². The third kappa shape index (κ3) is 39.7. The van der Waals surface area contributed by atoms with Crippen LogP contribution in [0.1, 0.15) is 232 Å². The maximum atomic E-state index is 12.9. The van der Waals surface area contributed by atoms with Crippen molar-refractivity contribution >= 4 is 13.7 Å². The average Bonchev–Trinajstić information content (AvgIpc) is 3.12. The molecular formula is C45H94N2O6P+. The quantitative estimate of drug-likeness (QED) is 0.0323. The monoisotopic (exact) mass is 790 g/mol. The second-order valence-electron chi connectivity index (χ2n) is 17.5. The molecule has 0 rings (SSSR count). The molecule has 0 heterocycles. The highest BCUT2D eigenvalue weighted by Gasteiger charge is 2.28. The van der Waals surface area contributed by atoms with Crippen molar-refractivity contribution in [2.45, 2.75) is 244 Å². The number of quaternary nitrogens is 1. The molecule has 0 aliphatic rings. The Morgan fingerprint density at radius 1 is 0.556 bits per heavy atom. The first-order valence-electron chi connectivity index (χ1n) is 23.4. The topological polar surface area (TPSA) is 105 Å². The van der Waals surface area contributed by atoms with Crippen LogP contribution in [0.2, 0.25) is 0 Å². The number of aliphatic hydroxyl groups excluding tert-OH is 1. The fourth-order valence-electron chi connectivity index (χ4n) is 7.11. The average molecular weight is 790 g/mol. The molecule has 0 fully saturated rings. The Hall–Kier alpha value is -0.500. The molecule has 0 spiro atoms. The van der Waals surface area contributed by atoms with Crippen molar-refractivity contribution in [1.29, 1.82) is 0 Å². The second kappa shape index (κ2) is 38.0. The third-order valence-corrected chi connectivity index (χ3v) is 11.8. The zero-order valence-electron chi connectivity index (χ0n) is 36.7. The summed E-state index contributed by atoms with van der Waals surface area (Å²) in [6.07, 6.45) is 41.2. The van der Waals surface area contributed by atoms with Gasteiger partial charge in [0.25, 0.3) is 0 Å². The van der Waals surface area contributed by atoms with Gasteiger partial charge in [0, 0.05) is 6.42 Å². The van der Waals surface area contributed by atoms with Crippen LogP contribution >= 0.6 is 7.82 Å². The van der Waals surface area contributed by atoms with E-state index in [0.29, 0.717) is 23.9 Å². The predicted molar refractivity (Wildman–Crippen MR) is 231 cm³/mol. The molecule has 1 amide bonds. The van der Waals surface area contributed by atoms with Gasteiger partial charge in [0.1, 0.15) is 13.2 Å². The van der Waals surface area contributed by atoms with E-state index < -0.39 is 20.0 Å². The number of hydrogen-bond donors (Lipinski definition) is 3. The lowest BCUT2D eigenvalue weighted by Crippen LogP contribution is -2.46. The highest BCUT2D eigenvalue weighted by Crippen LogP contribution is 2.43. The van der Waals surface area contributed by atoms with Crippen LogP contribution in [0.5, 0.6) is 0 Å². The summed E-state index contributed by atoms with van der Waals surface area (Å²) >= 11 is 0. The van der Waals surface area contributed by atoms with Crippen LogP contribution < -0.4 is 5.32 Å². The lowest BCUT2D eigenvalue weighted by molar-refractivity contribution is -0.870. The summed E-state index contributed by atoms with van der Waals surface area (Å²) in [6.45, 7) is 4.91. The molecule has 3 unspecified atom stereocenters. The molecule has 0 aromatic carbocycles. The molecule has 0 saturated carbocycles. The number of aliphatic hydroxyl groups is 1. The van der Waals surface area contributed by atoms with Crippen molar-refractivity contribution in [2.75, 3.05) is 40.9 Å². The number of rotatable bonds is 43. The number of phosphoric ester groups is 1. The first-order valence-corrected chi connectivity index (χ1v) is 24.9. The smallest absolute Gasteiger partial charge is 0.391 e. The van der Waals surface area contributed by atoms with Crippen molar-refractivity contribution in [3.63, 3.8) is 0 Å². The number of unbranched alkanes of at least 4 members (excludes halogenated alkanes) is 30. The van der Waals surface area contributed by atoms with E-state index in [1.807, 2.05) is 21.1 Å². The molecule has 0 bridgehead atoms. The Kier molecular flexibility index (Phi) is 37.7. The molecule has 0 aromatic rings. The molecule has 0 saturated heterocycles. The Balaban J connectivity index is 4.28. The van der Waals surface area contributed by atoms with Gasteiger partial charge in [-0.15, -0.1) is 0 Å². The molecule has 3 N–H and O–H groups in total. The zero-order valence-corrected chi connectivity index (χ0v) is 37.6. The summed E-state index contributed by atoms with van der Waals surface area (Å²) in [6, 6.07) is -0.752. The Bertz CT molecular complexity index is 855. The van der Waals surface area contributed by atoms with Crippen LogP contribution in [0.15, 0.2) is 0 Å². The van der Waals surface area contributed by atoms with Gasteiger partial charge >= 0.3 is 7.82 Å². The van der Waals surface area contributed by atoms with E-state index in [9.17, 15) is 19.4 Å². The van der Waals surface area contributed by atoms with Crippen LogP contribution in [0.25, 0.3) is 0 Å². The summed E-state index contributed by atoms with van der Waals surface area (Å²) in [5, 5.41) is 14.0. The number of amides is 1. The van der Waals surface area contributed by atoms with Crippen molar-refractivity contribution in [2.24, 2.45) is 0 Å². The van der Waals surface area contributed by atoms with Crippen LogP contribution in [0.3, 0.4) is 0 Å². The van der Waals surface area contributed by atoms with Crippen molar-refractivity contribution in [3.8, 4) is 0 Å². The van der Waals surface area contributed by atoms with E-state index in [1.54, 1.807) is 0 Å². The van der Waals surface area contributed by atoms with Gasteiger partial charge in [-0.2, -0.15) is 0 Å². The third-order valence-electron chi connectivity index (χ3n) is 10.9. The molecule has 8 nitrogen and oxygen atoms in total. The molecule has 3 atom stereocenters. The molecule has 0 radical (unpaired) electrons. The highest BCUT2D eigenvalue weighted by atomic mass is 31.2. The number of hydrogen-bond acceptors (Lipinski definition) is 5. The lowest BCUT2D eigenvalue weighted by atomic mass is 10.0. The molecule has 0 aliphatic heterocycles. The van der Waals surface area contributed by atoms with E-state index >= 15 is 0 Å². The van der Waals surface area contributed by atoms with Gasteiger partial charge < -0.3 is 19.8 Å². The molecule has 9 heteroatoms. The van der Waals surface area contributed by atoms with Gasteiger partial charge in [0.15, 0.2) is 0 Å². The Labute approximate surface area is 336 Å². The number of carbonyl (C=O) groups is 1. The van der Waals surface area contributed by atoms with Crippen molar-refractivity contribution in [3.05, 3.63) is 0 Å². The van der Waals surface area contributed by atoms with E-state index in [1.165, 1.54) is 167 Å². The summed E-state index contributed by atoms with van der Waals surface area (Å²) in [5.41, 5.74) is 0. The van der Waals surface area contributed by atoms with Gasteiger partial charge in [0.2, 0.25) is 5.91 Å². The molecule has 324 valence electrons. The minimum Gasteiger partial charge on any atom is -0.391 e. The van der Waals surface area contributed by atoms with Gasteiger partial charge in [-0.1, -0.05) is 213 Å². The van der Waals surface area contributed by atoms with Crippen LogP contribution in [0, 0.1) is 0 Å². The van der Waals surface area contributed by atoms with Gasteiger partial charge in [-0.05, 0) is 12.8 Å². The number of nitrogens with one attached hydrogen (secondary N) is 1. The summed E-state index contributed by atoms with van der Waals surface area (Å²) < 4.78 is 23.6. The maximum Gasteiger partial charge on any atom is 0.472 e. The lowest BCUT2D eigenvalue weighted by Gasteiger charge is -2.26. The fraction of sp³-hybridized carbons (Fsp3) is 0.978. The SMILES string of the molecule is CCCCCCCCCCCCCCCCCCCCC(=O)NC(COP(=O)(O)OCC[N+](C)(C)C)C(O)CCCCCCCCCCCCCCCC. The highest BCUT2D eigenvalue weighted by molar-refractivity contribution is 7.47. The van der Waals surface area contributed by atoms with Gasteiger partial charge in [-0.3, -0.25) is 13.8 Å². The molecular weight excluding hydrogens is 695 g/mol. The predicted octanol–water partition coefficient (Wildman–Crippen LogP) is 13.0. The molecule has 54 heavy (non-hydrogen) atoms. The summed E-state index contributed by atoms with van der Waals surface area (Å²) in [4.78, 5) is 23.2.